The number of amides is 1. The van der Waals surface area contributed by atoms with E-state index >= 15 is 0 Å². The minimum Gasteiger partial charge on any atom is -0.325 e. The predicted octanol–water partition coefficient (Wildman–Crippen LogP) is 3.19. The van der Waals surface area contributed by atoms with Crippen molar-refractivity contribution in [3.05, 3.63) is 29.8 Å². The molecule has 1 aromatic carbocycles. The van der Waals surface area contributed by atoms with Crippen LogP contribution in [0.4, 0.5) is 27.6 Å². The molecule has 0 aromatic heterocycles. The lowest BCUT2D eigenvalue weighted by Gasteiger charge is -2.22. The Morgan fingerprint density at radius 2 is 1.79 bits per heavy atom. The highest BCUT2D eigenvalue weighted by atomic mass is 19.4. The number of anilines is 1. The van der Waals surface area contributed by atoms with Crippen LogP contribution in [0.5, 0.6) is 0 Å². The summed E-state index contributed by atoms with van der Waals surface area (Å²) in [5.74, 6) is -6.06. The lowest BCUT2D eigenvalue weighted by molar-refractivity contribution is -0.289. The second kappa shape index (κ2) is 5.22. The molecule has 102 valence electrons. The van der Waals surface area contributed by atoms with Gasteiger partial charge in [-0.1, -0.05) is 18.2 Å². The molecule has 0 heterocycles. The fraction of sp³-hybridized carbons (Fsp3) is 0.273. The molecule has 0 fully saturated rings. The van der Waals surface area contributed by atoms with Crippen molar-refractivity contribution in [2.24, 2.45) is 0 Å². The molecule has 1 N–H and O–H groups in total. The van der Waals surface area contributed by atoms with Crippen LogP contribution >= 0.6 is 0 Å². The minimum absolute atomic E-state index is 0.565. The van der Waals surface area contributed by atoms with Gasteiger partial charge in [-0.15, -0.1) is 0 Å². The minimum atomic E-state index is -5.77. The third kappa shape index (κ3) is 3.19. The molecule has 0 saturated carbocycles. The van der Waals surface area contributed by atoms with Crippen molar-refractivity contribution >= 4 is 11.6 Å². The van der Waals surface area contributed by atoms with Gasteiger partial charge in [-0.05, 0) is 6.07 Å². The number of nitrogens with one attached hydrogen (secondary N) is 1. The molecule has 3 nitrogen and oxygen atoms in total. The Morgan fingerprint density at radius 3 is 2.32 bits per heavy atom. The summed E-state index contributed by atoms with van der Waals surface area (Å²) in [6.07, 6.45) is -6.42. The highest BCUT2D eigenvalue weighted by Gasteiger charge is 2.59. The van der Waals surface area contributed by atoms with Gasteiger partial charge in [-0.25, -0.2) is 0 Å². The molecule has 0 bridgehead atoms. The monoisotopic (exact) mass is 278 g/mol. The summed E-state index contributed by atoms with van der Waals surface area (Å²) < 4.78 is 63.2. The van der Waals surface area contributed by atoms with Crippen LogP contribution in [0, 0.1) is 11.3 Å². The molecule has 1 amide bonds. The summed E-state index contributed by atoms with van der Waals surface area (Å²) in [6, 6.07) is 5.11. The summed E-state index contributed by atoms with van der Waals surface area (Å²) in [5.41, 5.74) is -2.04. The van der Waals surface area contributed by atoms with Gasteiger partial charge >= 0.3 is 12.1 Å². The largest absolute Gasteiger partial charge is 0.458 e. The van der Waals surface area contributed by atoms with E-state index in [1.165, 1.54) is 12.1 Å². The van der Waals surface area contributed by atoms with Gasteiger partial charge in [0.1, 0.15) is 6.42 Å². The molecule has 1 rings (SSSR count). The number of carbonyl (C=O) groups excluding carboxylic acids is 1. The molecule has 0 atom stereocenters. The molecule has 0 spiro atoms. The summed E-state index contributed by atoms with van der Waals surface area (Å²) in [7, 11) is 0. The number of nitriles is 1. The van der Waals surface area contributed by atoms with Gasteiger partial charge in [-0.3, -0.25) is 4.79 Å². The van der Waals surface area contributed by atoms with Crippen molar-refractivity contribution < 1.29 is 26.7 Å². The zero-order valence-corrected chi connectivity index (χ0v) is 9.26. The number of nitrogens with zero attached hydrogens (tertiary/aromatic N) is 1. The van der Waals surface area contributed by atoms with Crippen molar-refractivity contribution in [2.45, 2.75) is 18.5 Å². The molecule has 0 saturated heterocycles. The molecular formula is C11H7F5N2O. The fourth-order valence-corrected chi connectivity index (χ4v) is 1.28. The summed E-state index contributed by atoms with van der Waals surface area (Å²) in [4.78, 5) is 11.1. The molecule has 0 unspecified atom stereocenters. The van der Waals surface area contributed by atoms with Crippen molar-refractivity contribution in [3.8, 4) is 6.07 Å². The van der Waals surface area contributed by atoms with Crippen LogP contribution in [-0.2, 0) is 10.7 Å². The van der Waals surface area contributed by atoms with Gasteiger partial charge in [0.25, 0.3) is 0 Å². The Kier molecular flexibility index (Phi) is 4.09. The van der Waals surface area contributed by atoms with Gasteiger partial charge in [0, 0.05) is 0 Å². The van der Waals surface area contributed by atoms with Gasteiger partial charge in [0.15, 0.2) is 0 Å². The Morgan fingerprint density at radius 1 is 1.21 bits per heavy atom. The SMILES string of the molecule is N#CCC(=O)Nc1ccccc1C(F)(F)C(F)(F)F. The summed E-state index contributed by atoms with van der Waals surface area (Å²) in [5, 5.41) is 10.1. The molecule has 19 heavy (non-hydrogen) atoms. The van der Waals surface area contributed by atoms with Crippen LogP contribution in [-0.4, -0.2) is 12.1 Å². The van der Waals surface area contributed by atoms with Crippen LogP contribution in [0.15, 0.2) is 24.3 Å². The number of carbonyl (C=O) groups is 1. The van der Waals surface area contributed by atoms with E-state index in [1.807, 2.05) is 5.32 Å². The number of halogens is 5. The first kappa shape index (κ1) is 14.9. The van der Waals surface area contributed by atoms with Crippen molar-refractivity contribution in [3.63, 3.8) is 0 Å². The fourth-order valence-electron chi connectivity index (χ4n) is 1.28. The molecule has 0 radical (unpaired) electrons. The molecule has 0 aliphatic carbocycles. The van der Waals surface area contributed by atoms with Crippen LogP contribution in [0.1, 0.15) is 12.0 Å². The molecule has 1 aromatic rings. The topological polar surface area (TPSA) is 52.9 Å². The normalized spacial score (nSPS) is 11.8. The van der Waals surface area contributed by atoms with Crippen LogP contribution in [0.3, 0.4) is 0 Å². The third-order valence-corrected chi connectivity index (χ3v) is 2.14. The van der Waals surface area contributed by atoms with E-state index in [0.717, 1.165) is 12.1 Å². The lowest BCUT2D eigenvalue weighted by atomic mass is 10.1. The maximum absolute atomic E-state index is 13.2. The number of rotatable bonds is 3. The molecular weight excluding hydrogens is 271 g/mol. The Hall–Kier alpha value is -2.17. The van der Waals surface area contributed by atoms with Gasteiger partial charge in [0.2, 0.25) is 5.91 Å². The van der Waals surface area contributed by atoms with Crippen molar-refractivity contribution in [1.29, 1.82) is 5.26 Å². The van der Waals surface area contributed by atoms with E-state index in [-0.39, 0.29) is 0 Å². The maximum atomic E-state index is 13.2. The number of benzene rings is 1. The van der Waals surface area contributed by atoms with Crippen molar-refractivity contribution in [2.75, 3.05) is 5.32 Å². The zero-order chi connectivity index (χ0) is 14.7. The van der Waals surface area contributed by atoms with E-state index in [0.29, 0.717) is 6.07 Å². The van der Waals surface area contributed by atoms with Gasteiger partial charge in [-0.2, -0.15) is 27.2 Å². The Bertz CT molecular complexity index is 519. The first-order chi connectivity index (χ1) is 8.70. The van der Waals surface area contributed by atoms with Crippen molar-refractivity contribution in [1.82, 2.24) is 0 Å². The second-order valence-electron chi connectivity index (χ2n) is 3.50. The average molecular weight is 278 g/mol. The van der Waals surface area contributed by atoms with Gasteiger partial charge in [0.05, 0.1) is 17.3 Å². The predicted molar refractivity (Wildman–Crippen MR) is 55.3 cm³/mol. The van der Waals surface area contributed by atoms with E-state index in [2.05, 4.69) is 0 Å². The lowest BCUT2D eigenvalue weighted by Crippen LogP contribution is -2.34. The number of alkyl halides is 5. The van der Waals surface area contributed by atoms with Crippen LogP contribution in [0.25, 0.3) is 0 Å². The van der Waals surface area contributed by atoms with E-state index in [9.17, 15) is 26.7 Å². The summed E-state index contributed by atoms with van der Waals surface area (Å²) >= 11 is 0. The average Bonchev–Trinajstić information content (AvgIpc) is 2.28. The standard InChI is InChI=1S/C11H7F5N2O/c12-10(13,11(14,15)16)7-3-1-2-4-8(7)18-9(19)5-6-17/h1-4H,5H2,(H,18,19). The van der Waals surface area contributed by atoms with E-state index in [1.54, 1.807) is 0 Å². The molecule has 0 aliphatic heterocycles. The second-order valence-corrected chi connectivity index (χ2v) is 3.50. The molecule has 0 aliphatic rings. The number of para-hydroxylation sites is 1. The van der Waals surface area contributed by atoms with Crippen LogP contribution in [0.2, 0.25) is 0 Å². The smallest absolute Gasteiger partial charge is 0.325 e. The first-order valence-electron chi connectivity index (χ1n) is 4.91. The highest BCUT2D eigenvalue weighted by molar-refractivity contribution is 5.92. The Labute approximate surface area is 104 Å². The van der Waals surface area contributed by atoms with Gasteiger partial charge < -0.3 is 5.32 Å². The Balaban J connectivity index is 3.17. The number of hydrogen-bond acceptors (Lipinski definition) is 2. The molecule has 8 heteroatoms. The zero-order valence-electron chi connectivity index (χ0n) is 9.26. The first-order valence-corrected chi connectivity index (χ1v) is 4.91. The van der Waals surface area contributed by atoms with E-state index < -0.39 is 35.7 Å². The van der Waals surface area contributed by atoms with Crippen LogP contribution < -0.4 is 5.32 Å². The number of hydrogen-bond donors (Lipinski definition) is 1. The highest BCUT2D eigenvalue weighted by Crippen LogP contribution is 2.46. The maximum Gasteiger partial charge on any atom is 0.458 e. The van der Waals surface area contributed by atoms with E-state index in [4.69, 9.17) is 5.26 Å². The quantitative estimate of drug-likeness (QED) is 0.863. The summed E-state index contributed by atoms with van der Waals surface area (Å²) in [6.45, 7) is 0. The third-order valence-electron chi connectivity index (χ3n) is 2.14.